The Hall–Kier alpha value is -1.72. The number of pyridine rings is 1. The lowest BCUT2D eigenvalue weighted by molar-refractivity contribution is -0.0153. The predicted molar refractivity (Wildman–Crippen MR) is 66.5 cm³/mol. The van der Waals surface area contributed by atoms with E-state index in [4.69, 9.17) is 0 Å². The molecule has 2 fully saturated rings. The molecule has 1 saturated carbocycles. The van der Waals surface area contributed by atoms with Crippen LogP contribution in [-0.4, -0.2) is 48.9 Å². The number of aromatic nitrogens is 1. The zero-order valence-electron chi connectivity index (χ0n) is 10.9. The third-order valence-electron chi connectivity index (χ3n) is 3.97. The van der Waals surface area contributed by atoms with E-state index >= 15 is 0 Å². The summed E-state index contributed by atoms with van der Waals surface area (Å²) in [6, 6.07) is 1.73. The standard InChI is InChI=1S/C13H15F2N3O/c1-17(2)10-3-9(4-16-5-10)11(19)18-7-12(8-18)6-13(12,14)15/h3-5H,6-8H2,1-2H3. The third-order valence-corrected chi connectivity index (χ3v) is 3.97. The highest BCUT2D eigenvalue weighted by molar-refractivity contribution is 5.95. The van der Waals surface area contributed by atoms with E-state index < -0.39 is 11.3 Å². The first kappa shape index (κ1) is 12.3. The fraction of sp³-hybridized carbons (Fsp3) is 0.538. The molecule has 0 radical (unpaired) electrons. The molecule has 3 rings (SSSR count). The van der Waals surface area contributed by atoms with Crippen LogP contribution in [0.15, 0.2) is 18.5 Å². The van der Waals surface area contributed by atoms with Gasteiger partial charge >= 0.3 is 0 Å². The molecule has 1 amide bonds. The number of rotatable bonds is 2. The maximum absolute atomic E-state index is 13.1. The highest BCUT2D eigenvalue weighted by atomic mass is 19.3. The molecule has 0 unspecified atom stereocenters. The van der Waals surface area contributed by atoms with Gasteiger partial charge in [0, 0.05) is 39.8 Å². The molecule has 1 aromatic rings. The van der Waals surface area contributed by atoms with Gasteiger partial charge in [-0.25, -0.2) is 8.78 Å². The fourth-order valence-electron chi connectivity index (χ4n) is 2.52. The van der Waals surface area contributed by atoms with Gasteiger partial charge in [0.15, 0.2) is 0 Å². The largest absolute Gasteiger partial charge is 0.376 e. The Morgan fingerprint density at radius 1 is 1.37 bits per heavy atom. The molecule has 19 heavy (non-hydrogen) atoms. The lowest BCUT2D eigenvalue weighted by Crippen LogP contribution is -2.54. The van der Waals surface area contributed by atoms with Gasteiger partial charge < -0.3 is 9.80 Å². The molecule has 1 aromatic heterocycles. The molecule has 2 aliphatic rings. The second-order valence-corrected chi connectivity index (χ2v) is 5.65. The number of carbonyl (C=O) groups is 1. The van der Waals surface area contributed by atoms with Crippen LogP contribution >= 0.6 is 0 Å². The van der Waals surface area contributed by atoms with Crippen molar-refractivity contribution in [3.63, 3.8) is 0 Å². The van der Waals surface area contributed by atoms with Crippen LogP contribution < -0.4 is 4.90 Å². The van der Waals surface area contributed by atoms with Gasteiger partial charge in [-0.1, -0.05) is 0 Å². The molecule has 1 aliphatic carbocycles. The first-order valence-corrected chi connectivity index (χ1v) is 6.14. The van der Waals surface area contributed by atoms with E-state index in [0.29, 0.717) is 5.56 Å². The van der Waals surface area contributed by atoms with Crippen LogP contribution in [0.1, 0.15) is 16.8 Å². The molecule has 0 atom stereocenters. The molecule has 1 spiro atoms. The summed E-state index contributed by atoms with van der Waals surface area (Å²) in [6.07, 6.45) is 3.05. The molecule has 6 heteroatoms. The number of carbonyl (C=O) groups excluding carboxylic acids is 1. The summed E-state index contributed by atoms with van der Waals surface area (Å²) in [6.45, 7) is 0.316. The Morgan fingerprint density at radius 2 is 2.00 bits per heavy atom. The number of amides is 1. The van der Waals surface area contributed by atoms with Gasteiger partial charge in [0.25, 0.3) is 11.8 Å². The van der Waals surface area contributed by atoms with E-state index in [0.717, 1.165) is 5.69 Å². The van der Waals surface area contributed by atoms with Crippen LogP contribution in [0.5, 0.6) is 0 Å². The van der Waals surface area contributed by atoms with Crippen molar-refractivity contribution in [1.82, 2.24) is 9.88 Å². The quantitative estimate of drug-likeness (QED) is 0.817. The predicted octanol–water partition coefficient (Wildman–Crippen LogP) is 1.63. The summed E-state index contributed by atoms with van der Waals surface area (Å²) in [5, 5.41) is 0. The molecule has 2 heterocycles. The molecule has 1 saturated heterocycles. The summed E-state index contributed by atoms with van der Waals surface area (Å²) in [4.78, 5) is 19.5. The Kier molecular flexibility index (Phi) is 2.37. The Balaban J connectivity index is 1.71. The van der Waals surface area contributed by atoms with Crippen molar-refractivity contribution in [2.75, 3.05) is 32.1 Å². The topological polar surface area (TPSA) is 36.4 Å². The molecular formula is C13H15F2N3O. The first-order valence-electron chi connectivity index (χ1n) is 6.14. The van der Waals surface area contributed by atoms with E-state index in [9.17, 15) is 13.6 Å². The number of hydrogen-bond acceptors (Lipinski definition) is 3. The molecule has 4 nitrogen and oxygen atoms in total. The van der Waals surface area contributed by atoms with Gasteiger partial charge in [0.1, 0.15) is 0 Å². The van der Waals surface area contributed by atoms with Crippen LogP contribution in [0.4, 0.5) is 14.5 Å². The Morgan fingerprint density at radius 3 is 2.53 bits per heavy atom. The minimum Gasteiger partial charge on any atom is -0.376 e. The average molecular weight is 267 g/mol. The van der Waals surface area contributed by atoms with Crippen molar-refractivity contribution in [3.8, 4) is 0 Å². The fourth-order valence-corrected chi connectivity index (χ4v) is 2.52. The summed E-state index contributed by atoms with van der Waals surface area (Å²) in [5.74, 6) is -2.79. The molecule has 102 valence electrons. The number of nitrogens with zero attached hydrogens (tertiary/aromatic N) is 3. The van der Waals surface area contributed by atoms with E-state index in [1.54, 1.807) is 12.3 Å². The maximum Gasteiger partial charge on any atom is 0.258 e. The Labute approximate surface area is 110 Å². The lowest BCUT2D eigenvalue weighted by atomic mass is 9.95. The number of anilines is 1. The van der Waals surface area contributed by atoms with E-state index in [-0.39, 0.29) is 25.4 Å². The highest BCUT2D eigenvalue weighted by Gasteiger charge is 2.76. The van der Waals surface area contributed by atoms with E-state index in [1.165, 1.54) is 11.1 Å². The average Bonchev–Trinajstić information content (AvgIpc) is 2.90. The Bertz CT molecular complexity index is 538. The zero-order chi connectivity index (χ0) is 13.8. The van der Waals surface area contributed by atoms with Crippen molar-refractivity contribution < 1.29 is 13.6 Å². The van der Waals surface area contributed by atoms with E-state index in [1.807, 2.05) is 19.0 Å². The molecule has 0 bridgehead atoms. The highest BCUT2D eigenvalue weighted by Crippen LogP contribution is 2.65. The van der Waals surface area contributed by atoms with Crippen molar-refractivity contribution in [2.24, 2.45) is 5.41 Å². The molecule has 0 aromatic carbocycles. The van der Waals surface area contributed by atoms with Crippen molar-refractivity contribution >= 4 is 11.6 Å². The SMILES string of the molecule is CN(C)c1cncc(C(=O)N2CC3(C2)CC3(F)F)c1. The van der Waals surface area contributed by atoms with Crippen LogP contribution in [0.25, 0.3) is 0 Å². The third kappa shape index (κ3) is 1.77. The second kappa shape index (κ2) is 3.65. The zero-order valence-corrected chi connectivity index (χ0v) is 10.9. The van der Waals surface area contributed by atoms with Crippen molar-refractivity contribution in [3.05, 3.63) is 24.0 Å². The van der Waals surface area contributed by atoms with Gasteiger partial charge in [-0.2, -0.15) is 0 Å². The van der Waals surface area contributed by atoms with Gasteiger partial charge in [0.05, 0.1) is 22.9 Å². The van der Waals surface area contributed by atoms with E-state index in [2.05, 4.69) is 4.98 Å². The smallest absolute Gasteiger partial charge is 0.258 e. The van der Waals surface area contributed by atoms with Gasteiger partial charge in [-0.05, 0) is 6.07 Å². The molecule has 0 N–H and O–H groups in total. The second-order valence-electron chi connectivity index (χ2n) is 5.65. The number of halogens is 2. The first-order chi connectivity index (χ1) is 8.85. The lowest BCUT2D eigenvalue weighted by Gasteiger charge is -2.39. The number of hydrogen-bond donors (Lipinski definition) is 0. The minimum absolute atomic E-state index is 0.0836. The number of alkyl halides is 2. The summed E-state index contributed by atoms with van der Waals surface area (Å²) < 4.78 is 26.2. The molecule has 1 aliphatic heterocycles. The van der Waals surface area contributed by atoms with Gasteiger partial charge in [0.2, 0.25) is 0 Å². The monoisotopic (exact) mass is 267 g/mol. The summed E-state index contributed by atoms with van der Waals surface area (Å²) in [7, 11) is 3.71. The molecular weight excluding hydrogens is 252 g/mol. The van der Waals surface area contributed by atoms with Crippen LogP contribution in [0.2, 0.25) is 0 Å². The summed E-state index contributed by atoms with van der Waals surface area (Å²) in [5.41, 5.74) is 0.345. The van der Waals surface area contributed by atoms with Crippen LogP contribution in [-0.2, 0) is 0 Å². The maximum atomic E-state index is 13.1. The van der Waals surface area contributed by atoms with Crippen LogP contribution in [0, 0.1) is 5.41 Å². The normalized spacial score (nSPS) is 22.0. The minimum atomic E-state index is -2.58. The van der Waals surface area contributed by atoms with Crippen molar-refractivity contribution in [2.45, 2.75) is 12.3 Å². The van der Waals surface area contributed by atoms with Crippen molar-refractivity contribution in [1.29, 1.82) is 0 Å². The van der Waals surface area contributed by atoms with Crippen LogP contribution in [0.3, 0.4) is 0 Å². The van der Waals surface area contributed by atoms with Gasteiger partial charge in [-0.15, -0.1) is 0 Å². The summed E-state index contributed by atoms with van der Waals surface area (Å²) >= 11 is 0. The number of likely N-dealkylation sites (tertiary alicyclic amines) is 1. The van der Waals surface area contributed by atoms with Gasteiger partial charge in [-0.3, -0.25) is 9.78 Å².